The molecule has 7 nitrogen and oxygen atoms in total. The number of fused-ring (bicyclic) bond motifs is 1. The van der Waals surface area contributed by atoms with Gasteiger partial charge >= 0.3 is 0 Å². The molecule has 1 atom stereocenters. The van der Waals surface area contributed by atoms with Crippen molar-refractivity contribution in [2.75, 3.05) is 13.6 Å². The number of nitriles is 1. The Labute approximate surface area is 183 Å². The highest BCUT2D eigenvalue weighted by Gasteiger charge is 2.40. The van der Waals surface area contributed by atoms with E-state index in [1.54, 1.807) is 41.3 Å². The minimum atomic E-state index is -3.86. The fourth-order valence-electron chi connectivity index (χ4n) is 3.48. The number of hydrogen-bond donors (Lipinski definition) is 0. The smallest absolute Gasteiger partial charge is 0.253 e. The molecule has 154 valence electrons. The van der Waals surface area contributed by atoms with Crippen molar-refractivity contribution in [1.82, 2.24) is 14.2 Å². The monoisotopic (exact) mass is 460 g/mol. The van der Waals surface area contributed by atoms with Crippen molar-refractivity contribution in [3.05, 3.63) is 58.7 Å². The number of sulfonamides is 1. The van der Waals surface area contributed by atoms with Crippen LogP contribution < -0.4 is 0 Å². The lowest BCUT2D eigenvalue weighted by Crippen LogP contribution is -2.42. The van der Waals surface area contributed by atoms with E-state index in [0.717, 1.165) is 21.2 Å². The second kappa shape index (κ2) is 7.96. The summed E-state index contributed by atoms with van der Waals surface area (Å²) in [7, 11) is -2.43. The molecule has 10 heteroatoms. The first-order valence-electron chi connectivity index (χ1n) is 9.11. The van der Waals surface area contributed by atoms with Gasteiger partial charge in [-0.1, -0.05) is 23.7 Å². The quantitative estimate of drug-likeness (QED) is 0.545. The molecule has 4 rings (SSSR count). The summed E-state index contributed by atoms with van der Waals surface area (Å²) in [6, 6.07) is 13.2. The van der Waals surface area contributed by atoms with Crippen LogP contribution in [0.3, 0.4) is 0 Å². The van der Waals surface area contributed by atoms with Crippen molar-refractivity contribution in [2.24, 2.45) is 0 Å². The first-order valence-corrected chi connectivity index (χ1v) is 11.7. The molecule has 0 spiro atoms. The van der Waals surface area contributed by atoms with Gasteiger partial charge in [-0.25, -0.2) is 13.4 Å². The Balaban J connectivity index is 1.54. The predicted octanol–water partition coefficient (Wildman–Crippen LogP) is 3.24. The summed E-state index contributed by atoms with van der Waals surface area (Å²) in [5, 5.41) is 10.0. The fourth-order valence-corrected chi connectivity index (χ4v) is 6.55. The van der Waals surface area contributed by atoms with Gasteiger partial charge in [0, 0.05) is 25.5 Å². The van der Waals surface area contributed by atoms with E-state index < -0.39 is 16.1 Å². The molecule has 0 radical (unpaired) electrons. The second-order valence-corrected chi connectivity index (χ2v) is 10.6. The number of hydrogen-bond acceptors (Lipinski definition) is 6. The van der Waals surface area contributed by atoms with Gasteiger partial charge < -0.3 is 4.90 Å². The third-order valence-electron chi connectivity index (χ3n) is 5.10. The molecule has 0 N–H and O–H groups in total. The lowest BCUT2D eigenvalue weighted by molar-refractivity contribution is -0.131. The van der Waals surface area contributed by atoms with Gasteiger partial charge in [0.15, 0.2) is 0 Å². The number of aromatic nitrogens is 1. The van der Waals surface area contributed by atoms with E-state index in [2.05, 4.69) is 11.1 Å². The highest BCUT2D eigenvalue weighted by Crippen LogP contribution is 2.32. The zero-order chi connectivity index (χ0) is 21.5. The van der Waals surface area contributed by atoms with Crippen LogP contribution in [0.5, 0.6) is 0 Å². The van der Waals surface area contributed by atoms with Gasteiger partial charge in [0.2, 0.25) is 5.91 Å². The van der Waals surface area contributed by atoms with Crippen molar-refractivity contribution in [1.29, 1.82) is 5.26 Å². The topological polar surface area (TPSA) is 94.4 Å². The Bertz CT molecular complexity index is 1280. The van der Waals surface area contributed by atoms with Crippen LogP contribution in [0.15, 0.2) is 46.7 Å². The van der Waals surface area contributed by atoms with Crippen molar-refractivity contribution in [3.8, 4) is 6.07 Å². The molecule has 1 fully saturated rings. The molecule has 1 amide bonds. The summed E-state index contributed by atoms with van der Waals surface area (Å²) in [5.74, 6) is -0.245. The van der Waals surface area contributed by atoms with Crippen LogP contribution in [0.2, 0.25) is 5.15 Å². The molecule has 2 aromatic heterocycles. The highest BCUT2D eigenvalue weighted by atomic mass is 35.5. The van der Waals surface area contributed by atoms with Crippen molar-refractivity contribution < 1.29 is 13.2 Å². The average molecular weight is 461 g/mol. The number of nitrogens with zero attached hydrogens (tertiary/aromatic N) is 4. The lowest BCUT2D eigenvalue weighted by Gasteiger charge is -2.23. The van der Waals surface area contributed by atoms with E-state index in [9.17, 15) is 13.2 Å². The molecule has 3 aromatic rings. The van der Waals surface area contributed by atoms with E-state index in [0.29, 0.717) is 40.4 Å². The molecule has 0 bridgehead atoms. The summed E-state index contributed by atoms with van der Waals surface area (Å²) in [5.41, 5.74) is 1.36. The van der Waals surface area contributed by atoms with Crippen LogP contribution in [-0.4, -0.2) is 48.1 Å². The SMILES string of the molecule is CN([C@H]1CCN(Cc2cccc(C#N)c2)C1=O)S(=O)(=O)c1cc2ccc(Cl)nc2s1. The van der Waals surface area contributed by atoms with E-state index >= 15 is 0 Å². The summed E-state index contributed by atoms with van der Waals surface area (Å²) in [6.07, 6.45) is 0.404. The van der Waals surface area contributed by atoms with Gasteiger partial charge in [-0.05, 0) is 42.3 Å². The summed E-state index contributed by atoms with van der Waals surface area (Å²) >= 11 is 6.93. The number of carbonyl (C=O) groups is 1. The minimum absolute atomic E-state index is 0.128. The van der Waals surface area contributed by atoms with Gasteiger partial charge in [0.1, 0.15) is 20.2 Å². The number of halogens is 1. The van der Waals surface area contributed by atoms with Crippen LogP contribution in [0, 0.1) is 11.3 Å². The predicted molar refractivity (Wildman–Crippen MR) is 115 cm³/mol. The van der Waals surface area contributed by atoms with Gasteiger partial charge in [0.25, 0.3) is 10.0 Å². The van der Waals surface area contributed by atoms with Crippen LogP contribution in [-0.2, 0) is 21.4 Å². The summed E-state index contributed by atoms with van der Waals surface area (Å²) in [4.78, 5) is 19.2. The molecule has 1 aromatic carbocycles. The van der Waals surface area contributed by atoms with Crippen molar-refractivity contribution in [2.45, 2.75) is 23.2 Å². The standard InChI is InChI=1S/C20H17ClN4O3S2/c1-24(30(27,28)18-10-15-5-6-17(21)23-19(15)29-18)16-7-8-25(20(16)26)12-14-4-2-3-13(9-14)11-22/h2-6,9-10,16H,7-8,12H2,1H3/t16-/m0/s1. The molecule has 0 unspecified atom stereocenters. The largest absolute Gasteiger partial charge is 0.337 e. The van der Waals surface area contributed by atoms with Crippen molar-refractivity contribution >= 4 is 49.1 Å². The zero-order valence-electron chi connectivity index (χ0n) is 15.9. The number of pyridine rings is 1. The number of likely N-dealkylation sites (tertiary alicyclic amines) is 1. The molecular formula is C20H17ClN4O3S2. The molecular weight excluding hydrogens is 444 g/mol. The summed E-state index contributed by atoms with van der Waals surface area (Å²) < 4.78 is 27.5. The molecule has 30 heavy (non-hydrogen) atoms. The molecule has 1 saturated heterocycles. The van der Waals surface area contributed by atoms with E-state index in [1.807, 2.05) is 6.07 Å². The maximum absolute atomic E-state index is 13.1. The zero-order valence-corrected chi connectivity index (χ0v) is 18.3. The summed E-state index contributed by atoms with van der Waals surface area (Å²) in [6.45, 7) is 0.785. The van der Waals surface area contributed by atoms with Crippen molar-refractivity contribution in [3.63, 3.8) is 0 Å². The minimum Gasteiger partial charge on any atom is -0.337 e. The van der Waals surface area contributed by atoms with Gasteiger partial charge in [0.05, 0.1) is 11.6 Å². The average Bonchev–Trinajstić information content (AvgIpc) is 3.31. The van der Waals surface area contributed by atoms with Crippen LogP contribution >= 0.6 is 22.9 Å². The van der Waals surface area contributed by atoms with E-state index in [4.69, 9.17) is 16.9 Å². The molecule has 0 aliphatic carbocycles. The Morgan fingerprint density at radius 2 is 2.13 bits per heavy atom. The fraction of sp³-hybridized carbons (Fsp3) is 0.250. The lowest BCUT2D eigenvalue weighted by atomic mass is 10.1. The number of amides is 1. The number of likely N-dealkylation sites (N-methyl/N-ethyl adjacent to an activating group) is 1. The first kappa shape index (κ1) is 20.8. The van der Waals surface area contributed by atoms with Crippen LogP contribution in [0.1, 0.15) is 17.5 Å². The molecule has 3 heterocycles. The van der Waals surface area contributed by atoms with E-state index in [-0.39, 0.29) is 10.1 Å². The Kier molecular flexibility index (Phi) is 5.51. The number of rotatable bonds is 5. The molecule has 0 saturated carbocycles. The Morgan fingerprint density at radius 1 is 1.33 bits per heavy atom. The van der Waals surface area contributed by atoms with Crippen LogP contribution in [0.4, 0.5) is 0 Å². The van der Waals surface area contributed by atoms with Gasteiger partial charge in [-0.15, -0.1) is 11.3 Å². The maximum atomic E-state index is 13.1. The van der Waals surface area contributed by atoms with Gasteiger partial charge in [-0.3, -0.25) is 4.79 Å². The molecule has 1 aliphatic heterocycles. The van der Waals surface area contributed by atoms with Crippen LogP contribution in [0.25, 0.3) is 10.2 Å². The van der Waals surface area contributed by atoms with Gasteiger partial charge in [-0.2, -0.15) is 9.57 Å². The third kappa shape index (κ3) is 3.79. The maximum Gasteiger partial charge on any atom is 0.253 e. The third-order valence-corrected chi connectivity index (χ3v) is 8.67. The number of thiophene rings is 1. The normalized spacial score (nSPS) is 17.1. The Hall–Kier alpha value is -2.51. The first-order chi connectivity index (χ1) is 14.3. The highest BCUT2D eigenvalue weighted by molar-refractivity contribution is 7.91. The molecule has 1 aliphatic rings. The van der Waals surface area contributed by atoms with E-state index in [1.165, 1.54) is 7.05 Å². The second-order valence-electron chi connectivity index (χ2n) is 6.99. The number of benzene rings is 1. The number of carbonyl (C=O) groups excluding carboxylic acids is 1. The Morgan fingerprint density at radius 3 is 2.90 bits per heavy atom.